The van der Waals surface area contributed by atoms with Crippen LogP contribution in [0.5, 0.6) is 0 Å². The van der Waals surface area contributed by atoms with Crippen molar-refractivity contribution in [3.63, 3.8) is 0 Å². The lowest BCUT2D eigenvalue weighted by molar-refractivity contribution is 0.491. The van der Waals surface area contributed by atoms with E-state index in [1.807, 2.05) is 0 Å². The van der Waals surface area contributed by atoms with Crippen molar-refractivity contribution >= 4 is 27.5 Å². The van der Waals surface area contributed by atoms with E-state index in [-0.39, 0.29) is 5.41 Å². The van der Waals surface area contributed by atoms with Crippen LogP contribution in [-0.2, 0) is 12.0 Å². The molecule has 4 nitrogen and oxygen atoms in total. The first-order chi connectivity index (χ1) is 20.0. The molecule has 0 bridgehead atoms. The number of benzene rings is 4. The zero-order valence-corrected chi connectivity index (χ0v) is 24.7. The molecule has 0 atom stereocenters. The maximum atomic E-state index is 10.9. The van der Waals surface area contributed by atoms with Gasteiger partial charge in [-0.15, -0.1) is 0 Å². The number of hydrogen-bond acceptors (Lipinski definition) is 3. The molecule has 4 aromatic carbocycles. The quantitative estimate of drug-likeness (QED) is 0.208. The minimum Gasteiger partial charge on any atom is -0.370 e. The fourth-order valence-corrected chi connectivity index (χ4v) is 7.63. The highest BCUT2D eigenvalue weighted by Gasteiger charge is 2.46. The van der Waals surface area contributed by atoms with Gasteiger partial charge in [-0.05, 0) is 74.1 Å². The zero-order chi connectivity index (χ0) is 28.9. The second-order valence-corrected chi connectivity index (χ2v) is 10.9. The van der Waals surface area contributed by atoms with E-state index in [1.54, 1.807) is 0 Å². The van der Waals surface area contributed by atoms with Gasteiger partial charge in [-0.1, -0.05) is 62.4 Å². The van der Waals surface area contributed by atoms with Gasteiger partial charge in [-0.3, -0.25) is 0 Å². The zero-order valence-electron chi connectivity index (χ0n) is 24.7. The molecule has 0 saturated heterocycles. The third kappa shape index (κ3) is 3.50. The molecule has 1 heterocycles. The van der Waals surface area contributed by atoms with Crippen molar-refractivity contribution in [3.05, 3.63) is 89.0 Å². The number of nitriles is 2. The molecule has 4 heteroatoms. The van der Waals surface area contributed by atoms with Crippen LogP contribution in [-0.4, -0.2) is 17.7 Å². The minimum absolute atomic E-state index is 0.285. The Kier molecular flexibility index (Phi) is 6.59. The SMILES string of the molecule is CCN(CC)c1c(C#N)c(-c2ccc3c(c2)c2ccccc2n3CC)c2c(c1C#N)-c1ccccc1C2(CC)CC. The standard InChI is InChI=1S/C37H36N4/c1-6-37(7-2)30-17-13-11-16-26(30)34-29(23-39)36(40(8-3)9-4)28(22-38)33(35(34)37)24-19-20-32-27(21-24)25-15-12-14-18-31(25)41(32)10-5/h11-21H,6-10H2,1-5H3. The van der Waals surface area contributed by atoms with Crippen molar-refractivity contribution in [1.29, 1.82) is 10.5 Å². The van der Waals surface area contributed by atoms with Crippen molar-refractivity contribution in [2.75, 3.05) is 18.0 Å². The van der Waals surface area contributed by atoms with Gasteiger partial charge in [0.1, 0.15) is 12.1 Å². The average molecular weight is 537 g/mol. The van der Waals surface area contributed by atoms with E-state index >= 15 is 0 Å². The van der Waals surface area contributed by atoms with Crippen molar-refractivity contribution < 1.29 is 0 Å². The topological polar surface area (TPSA) is 55.8 Å². The monoisotopic (exact) mass is 536 g/mol. The first-order valence-electron chi connectivity index (χ1n) is 15.0. The Morgan fingerprint density at radius 1 is 0.732 bits per heavy atom. The molecule has 0 aliphatic heterocycles. The Bertz CT molecular complexity index is 1900. The van der Waals surface area contributed by atoms with E-state index < -0.39 is 0 Å². The number of anilines is 1. The molecule has 6 rings (SSSR count). The molecule has 41 heavy (non-hydrogen) atoms. The molecular formula is C37H36N4. The molecule has 0 amide bonds. The largest absolute Gasteiger partial charge is 0.370 e. The first kappa shape index (κ1) is 26.7. The third-order valence-electron chi connectivity index (χ3n) is 9.55. The average Bonchev–Trinajstić information content (AvgIpc) is 3.50. The minimum atomic E-state index is -0.285. The van der Waals surface area contributed by atoms with Crippen LogP contribution in [0.25, 0.3) is 44.1 Å². The second kappa shape index (κ2) is 10.1. The number of hydrogen-bond donors (Lipinski definition) is 0. The van der Waals surface area contributed by atoms with Crippen molar-refractivity contribution in [2.24, 2.45) is 0 Å². The number of aromatic nitrogens is 1. The van der Waals surface area contributed by atoms with E-state index in [2.05, 4.69) is 123 Å². The van der Waals surface area contributed by atoms with Crippen molar-refractivity contribution in [3.8, 4) is 34.4 Å². The Morgan fingerprint density at radius 3 is 2.02 bits per heavy atom. The van der Waals surface area contributed by atoms with E-state index in [1.165, 1.54) is 27.4 Å². The summed E-state index contributed by atoms with van der Waals surface area (Å²) in [6.07, 6.45) is 1.77. The maximum Gasteiger partial charge on any atom is 0.102 e. The highest BCUT2D eigenvalue weighted by molar-refractivity contribution is 6.10. The summed E-state index contributed by atoms with van der Waals surface area (Å²) in [5.74, 6) is 0. The summed E-state index contributed by atoms with van der Waals surface area (Å²) in [5.41, 5.74) is 10.7. The summed E-state index contributed by atoms with van der Waals surface area (Å²) in [7, 11) is 0. The Hall–Kier alpha value is -4.54. The number of para-hydroxylation sites is 1. The summed E-state index contributed by atoms with van der Waals surface area (Å²) in [6, 6.07) is 29.1. The van der Waals surface area contributed by atoms with Crippen LogP contribution < -0.4 is 4.90 Å². The predicted octanol–water partition coefficient (Wildman–Crippen LogP) is 9.16. The summed E-state index contributed by atoms with van der Waals surface area (Å²) >= 11 is 0. The summed E-state index contributed by atoms with van der Waals surface area (Å²) in [5, 5.41) is 24.1. The number of rotatable bonds is 7. The number of nitrogens with zero attached hydrogens (tertiary/aromatic N) is 4. The Morgan fingerprint density at radius 2 is 1.37 bits per heavy atom. The smallest absolute Gasteiger partial charge is 0.102 e. The molecule has 0 N–H and O–H groups in total. The van der Waals surface area contributed by atoms with E-state index in [4.69, 9.17) is 0 Å². The van der Waals surface area contributed by atoms with E-state index in [0.717, 1.165) is 66.0 Å². The van der Waals surface area contributed by atoms with Crippen LogP contribution in [0.15, 0.2) is 66.7 Å². The van der Waals surface area contributed by atoms with Crippen LogP contribution in [0, 0.1) is 22.7 Å². The molecule has 1 aliphatic rings. The van der Waals surface area contributed by atoms with Crippen LogP contribution in [0.1, 0.15) is 69.7 Å². The second-order valence-electron chi connectivity index (χ2n) is 10.9. The van der Waals surface area contributed by atoms with E-state index in [9.17, 15) is 10.5 Å². The number of fused-ring (bicyclic) bond motifs is 6. The summed E-state index contributed by atoms with van der Waals surface area (Å²) in [4.78, 5) is 2.18. The van der Waals surface area contributed by atoms with Gasteiger partial charge in [-0.2, -0.15) is 10.5 Å². The van der Waals surface area contributed by atoms with Gasteiger partial charge in [0.2, 0.25) is 0 Å². The molecule has 0 unspecified atom stereocenters. The molecule has 0 saturated carbocycles. The molecule has 1 aromatic heterocycles. The fourth-order valence-electron chi connectivity index (χ4n) is 7.63. The van der Waals surface area contributed by atoms with Gasteiger partial charge in [-0.25, -0.2) is 0 Å². The third-order valence-corrected chi connectivity index (χ3v) is 9.55. The van der Waals surface area contributed by atoms with Crippen LogP contribution in [0.4, 0.5) is 5.69 Å². The van der Waals surface area contributed by atoms with Gasteiger partial charge in [0, 0.05) is 58.0 Å². The van der Waals surface area contributed by atoms with Crippen molar-refractivity contribution in [1.82, 2.24) is 4.57 Å². The van der Waals surface area contributed by atoms with Gasteiger partial charge in [0.25, 0.3) is 0 Å². The maximum absolute atomic E-state index is 10.9. The number of aryl methyl sites for hydroxylation is 1. The normalized spacial score (nSPS) is 13.1. The molecule has 0 fully saturated rings. The molecule has 5 aromatic rings. The van der Waals surface area contributed by atoms with Gasteiger partial charge < -0.3 is 9.47 Å². The van der Waals surface area contributed by atoms with Crippen LogP contribution in [0.3, 0.4) is 0 Å². The lowest BCUT2D eigenvalue weighted by Gasteiger charge is -2.34. The highest BCUT2D eigenvalue weighted by Crippen LogP contribution is 2.59. The molecule has 0 radical (unpaired) electrons. The molecule has 204 valence electrons. The molecule has 1 aliphatic carbocycles. The van der Waals surface area contributed by atoms with Gasteiger partial charge in [0.15, 0.2) is 0 Å². The van der Waals surface area contributed by atoms with Crippen LogP contribution in [0.2, 0.25) is 0 Å². The summed E-state index contributed by atoms with van der Waals surface area (Å²) < 4.78 is 2.36. The Labute approximate surface area is 243 Å². The van der Waals surface area contributed by atoms with Gasteiger partial charge >= 0.3 is 0 Å². The molecular weight excluding hydrogens is 500 g/mol. The summed E-state index contributed by atoms with van der Waals surface area (Å²) in [6.45, 7) is 13.2. The Balaban J connectivity index is 1.84. The molecule has 0 spiro atoms. The fraction of sp³-hybridized carbons (Fsp3) is 0.297. The highest BCUT2D eigenvalue weighted by atomic mass is 15.1. The van der Waals surface area contributed by atoms with Crippen molar-refractivity contribution in [2.45, 2.75) is 59.4 Å². The van der Waals surface area contributed by atoms with E-state index in [0.29, 0.717) is 11.1 Å². The lowest BCUT2D eigenvalue weighted by atomic mass is 9.70. The first-order valence-corrected chi connectivity index (χ1v) is 15.0. The lowest BCUT2D eigenvalue weighted by Crippen LogP contribution is -2.27. The predicted molar refractivity (Wildman–Crippen MR) is 170 cm³/mol. The van der Waals surface area contributed by atoms with Crippen LogP contribution >= 0.6 is 0 Å². The van der Waals surface area contributed by atoms with Gasteiger partial charge in [0.05, 0.1) is 16.8 Å².